The molecule has 0 aromatic carbocycles. The number of aromatic nitrogens is 2. The van der Waals surface area contributed by atoms with Gasteiger partial charge in [-0.05, 0) is 46.8 Å². The van der Waals surface area contributed by atoms with Crippen molar-refractivity contribution >= 4 is 11.6 Å². The first kappa shape index (κ1) is 13.9. The van der Waals surface area contributed by atoms with Gasteiger partial charge in [-0.2, -0.15) is 5.10 Å². The summed E-state index contributed by atoms with van der Waals surface area (Å²) in [4.78, 5) is 14.2. The average Bonchev–Trinajstić information content (AvgIpc) is 3.10. The molecular formula is C13H23N5O. The zero-order chi connectivity index (χ0) is 14.0. The van der Waals surface area contributed by atoms with Crippen LogP contribution in [0.5, 0.6) is 0 Å². The van der Waals surface area contributed by atoms with Crippen LogP contribution in [-0.2, 0) is 0 Å². The quantitative estimate of drug-likeness (QED) is 0.714. The minimum Gasteiger partial charge on any atom is -0.395 e. The summed E-state index contributed by atoms with van der Waals surface area (Å²) in [6.07, 6.45) is 3.16. The molecule has 1 amide bonds. The molecule has 0 aliphatic heterocycles. The molecule has 1 aliphatic rings. The van der Waals surface area contributed by atoms with Gasteiger partial charge in [-0.1, -0.05) is 0 Å². The van der Waals surface area contributed by atoms with Gasteiger partial charge >= 0.3 is 0 Å². The largest absolute Gasteiger partial charge is 0.395 e. The number of hydrogen-bond donors (Lipinski definition) is 3. The summed E-state index contributed by atoms with van der Waals surface area (Å²) < 4.78 is 0. The third kappa shape index (κ3) is 3.47. The van der Waals surface area contributed by atoms with Crippen molar-refractivity contribution in [3.8, 4) is 0 Å². The number of anilines is 1. The Hall–Kier alpha value is -1.56. The molecule has 6 nitrogen and oxygen atoms in total. The first-order valence-electron chi connectivity index (χ1n) is 6.78. The van der Waals surface area contributed by atoms with Crippen molar-refractivity contribution in [2.75, 3.05) is 26.4 Å². The number of nitrogen functional groups attached to an aromatic ring is 1. The van der Waals surface area contributed by atoms with Crippen LogP contribution in [0.2, 0.25) is 0 Å². The second-order valence-electron chi connectivity index (χ2n) is 5.64. The smallest absolute Gasteiger partial charge is 0.274 e. The summed E-state index contributed by atoms with van der Waals surface area (Å²) in [7, 11) is 4.03. The van der Waals surface area contributed by atoms with E-state index in [1.165, 1.54) is 0 Å². The summed E-state index contributed by atoms with van der Waals surface area (Å²) in [5.74, 6) is 0.284. The first-order valence-corrected chi connectivity index (χ1v) is 6.78. The van der Waals surface area contributed by atoms with Gasteiger partial charge in [0.05, 0.1) is 11.4 Å². The molecule has 6 heteroatoms. The molecule has 106 valence electrons. The molecule has 0 radical (unpaired) electrons. The van der Waals surface area contributed by atoms with E-state index in [0.717, 1.165) is 31.5 Å². The van der Waals surface area contributed by atoms with Crippen LogP contribution < -0.4 is 11.1 Å². The lowest BCUT2D eigenvalue weighted by molar-refractivity contribution is 0.0932. The van der Waals surface area contributed by atoms with Gasteiger partial charge in [0.1, 0.15) is 0 Å². The maximum Gasteiger partial charge on any atom is 0.274 e. The zero-order valence-electron chi connectivity index (χ0n) is 11.9. The number of carbonyl (C=O) groups excluding carboxylic acids is 1. The van der Waals surface area contributed by atoms with E-state index in [4.69, 9.17) is 5.73 Å². The standard InChI is InChI=1S/C13H23N5O/c1-8(6-7-18(2)3)15-13(19)12-10(14)11(16-17-12)9-4-5-9/h8-9H,4-7,14H2,1-3H3,(H,15,19)(H,16,17). The van der Waals surface area contributed by atoms with E-state index in [2.05, 4.69) is 20.4 Å². The Morgan fingerprint density at radius 1 is 1.58 bits per heavy atom. The van der Waals surface area contributed by atoms with Crippen molar-refractivity contribution in [2.45, 2.75) is 38.1 Å². The fourth-order valence-corrected chi connectivity index (χ4v) is 2.04. The van der Waals surface area contributed by atoms with Gasteiger partial charge in [0.2, 0.25) is 0 Å². The topological polar surface area (TPSA) is 87.0 Å². The molecule has 0 saturated heterocycles. The highest BCUT2D eigenvalue weighted by atomic mass is 16.2. The summed E-state index contributed by atoms with van der Waals surface area (Å²) >= 11 is 0. The van der Waals surface area contributed by atoms with E-state index in [1.54, 1.807) is 0 Å². The normalized spacial score (nSPS) is 16.6. The molecule has 1 aromatic heterocycles. The Labute approximate surface area is 113 Å². The van der Waals surface area contributed by atoms with Crippen LogP contribution in [-0.4, -0.2) is 47.7 Å². The molecule has 1 heterocycles. The number of H-pyrrole nitrogens is 1. The van der Waals surface area contributed by atoms with Crippen molar-refractivity contribution in [1.82, 2.24) is 20.4 Å². The molecule has 4 N–H and O–H groups in total. The highest BCUT2D eigenvalue weighted by Crippen LogP contribution is 2.42. The highest BCUT2D eigenvalue weighted by Gasteiger charge is 2.30. The van der Waals surface area contributed by atoms with Crippen molar-refractivity contribution in [3.05, 3.63) is 11.4 Å². The third-order valence-electron chi connectivity index (χ3n) is 3.42. The molecular weight excluding hydrogens is 242 g/mol. The summed E-state index contributed by atoms with van der Waals surface area (Å²) in [6.45, 7) is 2.93. The van der Waals surface area contributed by atoms with Gasteiger partial charge in [-0.25, -0.2) is 0 Å². The van der Waals surface area contributed by atoms with Gasteiger partial charge < -0.3 is 16.0 Å². The van der Waals surface area contributed by atoms with Gasteiger partial charge in [0, 0.05) is 12.0 Å². The number of rotatable bonds is 6. The van der Waals surface area contributed by atoms with Crippen LogP contribution in [0.4, 0.5) is 5.69 Å². The number of hydrogen-bond acceptors (Lipinski definition) is 4. The maximum atomic E-state index is 12.1. The van der Waals surface area contributed by atoms with Gasteiger partial charge in [-0.3, -0.25) is 9.89 Å². The lowest BCUT2D eigenvalue weighted by Crippen LogP contribution is -2.35. The molecule has 0 bridgehead atoms. The van der Waals surface area contributed by atoms with Crippen LogP contribution in [0, 0.1) is 0 Å². The summed E-state index contributed by atoms with van der Waals surface area (Å²) in [5.41, 5.74) is 7.75. The fourth-order valence-electron chi connectivity index (χ4n) is 2.04. The second kappa shape index (κ2) is 5.61. The lowest BCUT2D eigenvalue weighted by atomic mass is 10.2. The minimum absolute atomic E-state index is 0.107. The van der Waals surface area contributed by atoms with E-state index >= 15 is 0 Å². The third-order valence-corrected chi connectivity index (χ3v) is 3.42. The predicted octanol–water partition coefficient (Wildman–Crippen LogP) is 0.939. The van der Waals surface area contributed by atoms with Crippen LogP contribution in [0.25, 0.3) is 0 Å². The highest BCUT2D eigenvalue weighted by molar-refractivity contribution is 5.97. The van der Waals surface area contributed by atoms with Crippen molar-refractivity contribution in [2.24, 2.45) is 0 Å². The van der Waals surface area contributed by atoms with Crippen LogP contribution in [0.3, 0.4) is 0 Å². The number of nitrogens with zero attached hydrogens (tertiary/aromatic N) is 2. The average molecular weight is 265 g/mol. The maximum absolute atomic E-state index is 12.1. The molecule has 1 atom stereocenters. The van der Waals surface area contributed by atoms with Crippen molar-refractivity contribution in [1.29, 1.82) is 0 Å². The molecule has 19 heavy (non-hydrogen) atoms. The van der Waals surface area contributed by atoms with Crippen LogP contribution in [0.15, 0.2) is 0 Å². The van der Waals surface area contributed by atoms with Crippen LogP contribution in [0.1, 0.15) is 48.3 Å². The molecule has 1 aromatic rings. The number of aromatic amines is 1. The Morgan fingerprint density at radius 2 is 2.26 bits per heavy atom. The zero-order valence-corrected chi connectivity index (χ0v) is 11.9. The SMILES string of the molecule is CC(CCN(C)C)NC(=O)c1n[nH]c(C2CC2)c1N. The number of carbonyl (C=O) groups is 1. The van der Waals surface area contributed by atoms with E-state index in [9.17, 15) is 4.79 Å². The molecule has 0 spiro atoms. The minimum atomic E-state index is -0.188. The van der Waals surface area contributed by atoms with Gasteiger partial charge in [-0.15, -0.1) is 0 Å². The van der Waals surface area contributed by atoms with E-state index < -0.39 is 0 Å². The molecule has 1 fully saturated rings. The Bertz CT molecular complexity index is 450. The Balaban J connectivity index is 1.92. The fraction of sp³-hybridized carbons (Fsp3) is 0.692. The number of nitrogens with one attached hydrogen (secondary N) is 2. The van der Waals surface area contributed by atoms with Gasteiger partial charge in [0.15, 0.2) is 5.69 Å². The Kier molecular flexibility index (Phi) is 4.09. The number of nitrogens with two attached hydrogens (primary N) is 1. The lowest BCUT2D eigenvalue weighted by Gasteiger charge is -2.16. The van der Waals surface area contributed by atoms with E-state index in [1.807, 2.05) is 21.0 Å². The second-order valence-corrected chi connectivity index (χ2v) is 5.64. The van der Waals surface area contributed by atoms with Gasteiger partial charge in [0.25, 0.3) is 5.91 Å². The Morgan fingerprint density at radius 3 is 2.84 bits per heavy atom. The molecule has 1 saturated carbocycles. The summed E-state index contributed by atoms with van der Waals surface area (Å²) in [6, 6.07) is 0.107. The molecule has 1 aliphatic carbocycles. The predicted molar refractivity (Wildman–Crippen MR) is 75.1 cm³/mol. The molecule has 1 unspecified atom stereocenters. The molecule has 2 rings (SSSR count). The van der Waals surface area contributed by atoms with E-state index in [-0.39, 0.29) is 11.9 Å². The first-order chi connectivity index (χ1) is 8.99. The van der Waals surface area contributed by atoms with Crippen molar-refractivity contribution < 1.29 is 4.79 Å². The van der Waals surface area contributed by atoms with Crippen molar-refractivity contribution in [3.63, 3.8) is 0 Å². The summed E-state index contributed by atoms with van der Waals surface area (Å²) in [5, 5.41) is 9.89. The number of amides is 1. The monoisotopic (exact) mass is 265 g/mol. The van der Waals surface area contributed by atoms with E-state index in [0.29, 0.717) is 17.3 Å². The van der Waals surface area contributed by atoms with Crippen LogP contribution >= 0.6 is 0 Å².